The number of nitrogens with zero attached hydrogens (tertiary/aromatic N) is 2. The smallest absolute Gasteiger partial charge is 0.335 e. The van der Waals surface area contributed by atoms with Crippen LogP contribution >= 0.6 is 0 Å². The highest BCUT2D eigenvalue weighted by molar-refractivity contribution is 7.88. The minimum Gasteiger partial charge on any atom is -0.478 e. The maximum atomic E-state index is 12.6. The van der Waals surface area contributed by atoms with Gasteiger partial charge in [0, 0.05) is 33.8 Å². The van der Waals surface area contributed by atoms with Gasteiger partial charge in [0.15, 0.2) is 0 Å². The van der Waals surface area contributed by atoms with Crippen LogP contribution in [-0.4, -0.2) is 55.7 Å². The average Bonchev–Trinajstić information content (AvgIpc) is 2.96. The zero-order chi connectivity index (χ0) is 19.6. The molecule has 0 unspecified atom stereocenters. The van der Waals surface area contributed by atoms with Crippen molar-refractivity contribution < 1.29 is 27.5 Å². The number of benzene rings is 1. The van der Waals surface area contributed by atoms with Crippen molar-refractivity contribution >= 4 is 21.9 Å². The number of carbonyl (C=O) groups excluding carboxylic acids is 1. The van der Waals surface area contributed by atoms with Crippen LogP contribution in [0.5, 0.6) is 0 Å². The van der Waals surface area contributed by atoms with E-state index in [2.05, 4.69) is 0 Å². The van der Waals surface area contributed by atoms with Crippen LogP contribution in [0.15, 0.2) is 39.8 Å². The number of sulfonamides is 1. The van der Waals surface area contributed by atoms with E-state index in [1.807, 2.05) is 0 Å². The van der Waals surface area contributed by atoms with E-state index in [0.717, 1.165) is 9.87 Å². The van der Waals surface area contributed by atoms with Crippen molar-refractivity contribution in [2.45, 2.75) is 18.6 Å². The second-order valence-electron chi connectivity index (χ2n) is 5.99. The van der Waals surface area contributed by atoms with Gasteiger partial charge < -0.3 is 14.4 Å². The normalized spacial score (nSPS) is 11.6. The summed E-state index contributed by atoms with van der Waals surface area (Å²) < 4.78 is 30.5. The lowest BCUT2D eigenvalue weighted by Gasteiger charge is -2.17. The maximum Gasteiger partial charge on any atom is 0.335 e. The SMILES string of the molecule is Cc1oc(S(=O)(=O)N(C)C)cc1C(=O)N(C)Cc1ccc(C(=O)O)cc1. The third-order valence-corrected chi connectivity index (χ3v) is 5.50. The van der Waals surface area contributed by atoms with Gasteiger partial charge in [0.05, 0.1) is 11.1 Å². The van der Waals surface area contributed by atoms with Crippen LogP contribution in [0.25, 0.3) is 0 Å². The zero-order valence-electron chi connectivity index (χ0n) is 14.9. The fraction of sp³-hybridized carbons (Fsp3) is 0.294. The molecule has 1 aromatic heterocycles. The van der Waals surface area contributed by atoms with Crippen LogP contribution in [0.1, 0.15) is 32.0 Å². The average molecular weight is 380 g/mol. The lowest BCUT2D eigenvalue weighted by Crippen LogP contribution is -2.26. The highest BCUT2D eigenvalue weighted by atomic mass is 32.2. The molecule has 1 amide bonds. The van der Waals surface area contributed by atoms with Crippen LogP contribution < -0.4 is 0 Å². The molecule has 0 saturated carbocycles. The number of carboxylic acids is 1. The summed E-state index contributed by atoms with van der Waals surface area (Å²) in [6.45, 7) is 1.76. The van der Waals surface area contributed by atoms with E-state index in [9.17, 15) is 18.0 Å². The summed E-state index contributed by atoms with van der Waals surface area (Å²) in [5, 5.41) is 8.62. The first-order chi connectivity index (χ1) is 12.0. The van der Waals surface area contributed by atoms with Gasteiger partial charge >= 0.3 is 5.97 Å². The molecule has 0 spiro atoms. The molecule has 0 aliphatic rings. The molecule has 0 radical (unpaired) electrons. The lowest BCUT2D eigenvalue weighted by molar-refractivity contribution is 0.0695. The summed E-state index contributed by atoms with van der Waals surface area (Å²) in [5.41, 5.74) is 1.06. The molecular formula is C17H20N2O6S. The van der Waals surface area contributed by atoms with Crippen molar-refractivity contribution in [1.29, 1.82) is 0 Å². The Hall–Kier alpha value is -2.65. The molecule has 0 aliphatic carbocycles. The van der Waals surface area contributed by atoms with Crippen molar-refractivity contribution in [3.05, 3.63) is 52.8 Å². The number of carboxylic acid groups (broad SMARTS) is 1. The van der Waals surface area contributed by atoms with Gasteiger partial charge in [-0.3, -0.25) is 4.79 Å². The molecule has 1 N–H and O–H groups in total. The van der Waals surface area contributed by atoms with Gasteiger partial charge in [0.25, 0.3) is 15.9 Å². The number of carbonyl (C=O) groups is 2. The molecule has 1 heterocycles. The van der Waals surface area contributed by atoms with E-state index >= 15 is 0 Å². The van der Waals surface area contributed by atoms with Crippen molar-refractivity contribution in [3.63, 3.8) is 0 Å². The van der Waals surface area contributed by atoms with E-state index in [-0.39, 0.29) is 28.5 Å². The molecule has 0 saturated heterocycles. The number of aryl methyl sites for hydroxylation is 1. The maximum absolute atomic E-state index is 12.6. The Morgan fingerprint density at radius 3 is 2.19 bits per heavy atom. The minimum atomic E-state index is -3.77. The van der Waals surface area contributed by atoms with Gasteiger partial charge in [-0.2, -0.15) is 0 Å². The fourth-order valence-electron chi connectivity index (χ4n) is 2.28. The number of rotatable bonds is 6. The Kier molecular flexibility index (Phi) is 5.53. The summed E-state index contributed by atoms with van der Waals surface area (Å²) in [4.78, 5) is 24.9. The molecule has 26 heavy (non-hydrogen) atoms. The van der Waals surface area contributed by atoms with Crippen LogP contribution in [0, 0.1) is 6.92 Å². The second-order valence-corrected chi connectivity index (χ2v) is 8.07. The largest absolute Gasteiger partial charge is 0.478 e. The van der Waals surface area contributed by atoms with Crippen LogP contribution in [-0.2, 0) is 16.6 Å². The third-order valence-electron chi connectivity index (χ3n) is 3.83. The first kappa shape index (κ1) is 19.7. The number of hydrogen-bond acceptors (Lipinski definition) is 5. The molecule has 0 aliphatic heterocycles. The third kappa shape index (κ3) is 3.94. The Bertz CT molecular complexity index is 929. The minimum absolute atomic E-state index is 0.159. The predicted molar refractivity (Wildman–Crippen MR) is 93.5 cm³/mol. The summed E-state index contributed by atoms with van der Waals surface area (Å²) in [6, 6.07) is 7.38. The Labute approximate surface area is 151 Å². The van der Waals surface area contributed by atoms with Crippen LogP contribution in [0.3, 0.4) is 0 Å². The monoisotopic (exact) mass is 380 g/mol. The number of aromatic carboxylic acids is 1. The molecule has 9 heteroatoms. The standard InChI is InChI=1S/C17H20N2O6S/c1-11-14(9-15(25-11)26(23,24)18(2)3)16(20)19(4)10-12-5-7-13(8-6-12)17(21)22/h5-9H,10H2,1-4H3,(H,21,22). The Morgan fingerprint density at radius 2 is 1.69 bits per heavy atom. The molecule has 2 rings (SSSR count). The molecular weight excluding hydrogens is 360 g/mol. The predicted octanol–water partition coefficient (Wildman–Crippen LogP) is 1.81. The van der Waals surface area contributed by atoms with Gasteiger partial charge in [-0.15, -0.1) is 0 Å². The molecule has 8 nitrogen and oxygen atoms in total. The van der Waals surface area contributed by atoms with E-state index < -0.39 is 21.9 Å². The first-order valence-corrected chi connectivity index (χ1v) is 9.08. The fourth-order valence-corrected chi connectivity index (χ4v) is 3.14. The molecule has 1 aromatic carbocycles. The zero-order valence-corrected chi connectivity index (χ0v) is 15.7. The number of hydrogen-bond donors (Lipinski definition) is 1. The van der Waals surface area contributed by atoms with E-state index in [0.29, 0.717) is 0 Å². The topological polar surface area (TPSA) is 108 Å². The highest BCUT2D eigenvalue weighted by Crippen LogP contribution is 2.22. The van der Waals surface area contributed by atoms with Crippen molar-refractivity contribution in [3.8, 4) is 0 Å². The molecule has 140 valence electrons. The Balaban J connectivity index is 2.20. The van der Waals surface area contributed by atoms with Crippen LogP contribution in [0.4, 0.5) is 0 Å². The van der Waals surface area contributed by atoms with Gasteiger partial charge in [0.1, 0.15) is 5.76 Å². The first-order valence-electron chi connectivity index (χ1n) is 7.64. The number of amides is 1. The summed E-state index contributed by atoms with van der Waals surface area (Å²) in [5.74, 6) is -1.21. The highest BCUT2D eigenvalue weighted by Gasteiger charge is 2.27. The quantitative estimate of drug-likeness (QED) is 0.819. The number of furan rings is 1. The summed E-state index contributed by atoms with van der Waals surface area (Å²) >= 11 is 0. The van der Waals surface area contributed by atoms with E-state index in [1.54, 1.807) is 19.2 Å². The van der Waals surface area contributed by atoms with Gasteiger partial charge in [-0.25, -0.2) is 17.5 Å². The van der Waals surface area contributed by atoms with E-state index in [4.69, 9.17) is 9.52 Å². The van der Waals surface area contributed by atoms with Gasteiger partial charge in [-0.05, 0) is 24.6 Å². The lowest BCUT2D eigenvalue weighted by atomic mass is 10.1. The van der Waals surface area contributed by atoms with Gasteiger partial charge in [-0.1, -0.05) is 12.1 Å². The van der Waals surface area contributed by atoms with Crippen molar-refractivity contribution in [2.75, 3.05) is 21.1 Å². The Morgan fingerprint density at radius 1 is 1.12 bits per heavy atom. The molecule has 0 bridgehead atoms. The van der Waals surface area contributed by atoms with Crippen LogP contribution in [0.2, 0.25) is 0 Å². The molecule has 2 aromatic rings. The van der Waals surface area contributed by atoms with E-state index in [1.165, 1.54) is 44.1 Å². The second kappa shape index (κ2) is 7.30. The molecule has 0 atom stereocenters. The molecule has 0 fully saturated rings. The summed E-state index contributed by atoms with van der Waals surface area (Å²) in [6.07, 6.45) is 0. The van der Waals surface area contributed by atoms with Crippen molar-refractivity contribution in [1.82, 2.24) is 9.21 Å². The summed E-state index contributed by atoms with van der Waals surface area (Å²) in [7, 11) is 0.553. The van der Waals surface area contributed by atoms with Gasteiger partial charge in [0.2, 0.25) is 5.09 Å². The van der Waals surface area contributed by atoms with Crippen molar-refractivity contribution in [2.24, 2.45) is 0 Å².